The molecule has 0 aromatic carbocycles. The number of hydrogen-bond acceptors (Lipinski definition) is 0. The summed E-state index contributed by atoms with van der Waals surface area (Å²) >= 11 is 10.4. The molecule has 0 aliphatic carbocycles. The van der Waals surface area contributed by atoms with Crippen molar-refractivity contribution in [3.8, 4) is 0 Å². The standard InChI is InChI=1S/CH4Cl2Si.ClH.Sn.2H/c1-4(2)3;;;;/h4H,1H3;1H;;;. The van der Waals surface area contributed by atoms with E-state index >= 15 is 0 Å². The maximum atomic E-state index is 5.18. The van der Waals surface area contributed by atoms with Crippen LogP contribution in [0.1, 0.15) is 0 Å². The molecular formula is CH7Cl3SiSn. The molecule has 0 aromatic rings. The zero-order chi connectivity index (χ0) is 3.58. The molecule has 6 heavy (non-hydrogen) atoms. The van der Waals surface area contributed by atoms with E-state index in [9.17, 15) is 0 Å². The van der Waals surface area contributed by atoms with Gasteiger partial charge in [-0.3, -0.25) is 0 Å². The van der Waals surface area contributed by atoms with Crippen LogP contribution in [0.4, 0.5) is 0 Å². The molecule has 0 unspecified atom stereocenters. The Morgan fingerprint density at radius 3 is 1.33 bits per heavy atom. The molecule has 0 aliphatic rings. The van der Waals surface area contributed by atoms with E-state index in [4.69, 9.17) is 22.2 Å². The molecule has 0 fully saturated rings. The van der Waals surface area contributed by atoms with Crippen LogP contribution in [-0.4, -0.2) is 31.3 Å². The first kappa shape index (κ1) is 15.7. The zero-order valence-corrected chi connectivity index (χ0v) is 11.0. The van der Waals surface area contributed by atoms with Crippen molar-refractivity contribution in [3.05, 3.63) is 0 Å². The summed E-state index contributed by atoms with van der Waals surface area (Å²) in [4.78, 5) is 0. The van der Waals surface area contributed by atoms with Crippen molar-refractivity contribution >= 4 is 65.9 Å². The second-order valence-corrected chi connectivity index (χ2v) is 6.15. The van der Waals surface area contributed by atoms with Gasteiger partial charge in [0.05, 0.1) is 0 Å². The summed E-state index contributed by atoms with van der Waals surface area (Å²) in [5, 5.41) is 0. The van der Waals surface area contributed by atoms with Crippen LogP contribution in [0.25, 0.3) is 0 Å². The Balaban J connectivity index is -0.0000000450. The fourth-order valence-electron chi connectivity index (χ4n) is 0. The summed E-state index contributed by atoms with van der Waals surface area (Å²) in [6.45, 7) is 1.84. The Bertz CT molecular complexity index is 15.5. The summed E-state index contributed by atoms with van der Waals surface area (Å²) in [6, 6.07) is 0. The van der Waals surface area contributed by atoms with Gasteiger partial charge in [0.1, 0.15) is 0 Å². The molecule has 0 atom stereocenters. The molecule has 0 heterocycles. The Hall–Kier alpha value is 1.89. The fraction of sp³-hybridized carbons (Fsp3) is 1.00. The summed E-state index contributed by atoms with van der Waals surface area (Å²) < 4.78 is 0. The average molecular weight is 272 g/mol. The van der Waals surface area contributed by atoms with Crippen molar-refractivity contribution in [2.75, 3.05) is 0 Å². The Kier molecular flexibility index (Phi) is 26.1. The van der Waals surface area contributed by atoms with E-state index in [1.54, 1.807) is 0 Å². The van der Waals surface area contributed by atoms with Crippen molar-refractivity contribution in [2.24, 2.45) is 0 Å². The van der Waals surface area contributed by atoms with Crippen LogP contribution in [0.3, 0.4) is 0 Å². The summed E-state index contributed by atoms with van der Waals surface area (Å²) in [5.41, 5.74) is 0. The van der Waals surface area contributed by atoms with Gasteiger partial charge in [0.25, 0.3) is 0 Å². The zero-order valence-electron chi connectivity index (χ0n) is 3.45. The third kappa shape index (κ3) is 39.5. The topological polar surface area (TPSA) is 0 Å². The van der Waals surface area contributed by atoms with Crippen molar-refractivity contribution in [1.82, 2.24) is 0 Å². The van der Waals surface area contributed by atoms with E-state index in [0.717, 1.165) is 0 Å². The molecular weight excluding hydrogens is 265 g/mol. The van der Waals surface area contributed by atoms with Gasteiger partial charge in [-0.25, -0.2) is 0 Å². The number of hydrogen-bond donors (Lipinski definition) is 0. The Morgan fingerprint density at radius 1 is 1.33 bits per heavy atom. The van der Waals surface area contributed by atoms with Gasteiger partial charge in [-0.05, 0) is 6.55 Å². The molecule has 0 nitrogen and oxygen atoms in total. The van der Waals surface area contributed by atoms with Crippen LogP contribution in [0.5, 0.6) is 0 Å². The van der Waals surface area contributed by atoms with E-state index in [1.807, 2.05) is 6.55 Å². The van der Waals surface area contributed by atoms with E-state index in [1.165, 1.54) is 0 Å². The van der Waals surface area contributed by atoms with Crippen LogP contribution >= 0.6 is 34.6 Å². The summed E-state index contributed by atoms with van der Waals surface area (Å²) in [6.07, 6.45) is 0. The van der Waals surface area contributed by atoms with Crippen molar-refractivity contribution in [1.29, 1.82) is 0 Å². The molecule has 0 aromatic heterocycles. The molecule has 0 saturated carbocycles. The second-order valence-electron chi connectivity index (χ2n) is 0.519. The third-order valence-electron chi connectivity index (χ3n) is 0. The minimum atomic E-state index is -1.19. The molecule has 0 aliphatic heterocycles. The summed E-state index contributed by atoms with van der Waals surface area (Å²) in [5.74, 6) is 0. The van der Waals surface area contributed by atoms with Crippen LogP contribution in [-0.2, 0) is 0 Å². The molecule has 0 saturated heterocycles. The molecule has 0 spiro atoms. The van der Waals surface area contributed by atoms with E-state index in [0.29, 0.717) is 0 Å². The van der Waals surface area contributed by atoms with Gasteiger partial charge >= 0.3 is 23.9 Å². The molecule has 0 N–H and O–H groups in total. The Morgan fingerprint density at radius 2 is 1.33 bits per heavy atom. The fourth-order valence-corrected chi connectivity index (χ4v) is 0. The van der Waals surface area contributed by atoms with E-state index < -0.39 is 7.42 Å². The number of halogens is 3. The van der Waals surface area contributed by atoms with Crippen molar-refractivity contribution in [2.45, 2.75) is 6.55 Å². The maximum absolute atomic E-state index is 5.18. The van der Waals surface area contributed by atoms with Crippen LogP contribution in [0.15, 0.2) is 0 Å². The summed E-state index contributed by atoms with van der Waals surface area (Å²) in [7, 11) is -1.19. The molecule has 2 radical (unpaired) electrons. The van der Waals surface area contributed by atoms with Crippen LogP contribution in [0, 0.1) is 0 Å². The van der Waals surface area contributed by atoms with Gasteiger partial charge in [0, 0.05) is 0 Å². The molecule has 40 valence electrons. The van der Waals surface area contributed by atoms with Gasteiger partial charge in [-0.1, -0.05) is 0 Å². The van der Waals surface area contributed by atoms with E-state index in [-0.39, 0.29) is 36.3 Å². The first-order valence-corrected chi connectivity index (χ1v) is 5.66. The average Bonchev–Trinajstić information content (AvgIpc) is 0.811. The normalized spacial score (nSPS) is 6.00. The molecule has 0 rings (SSSR count). The monoisotopic (exact) mass is 272 g/mol. The predicted octanol–water partition coefficient (Wildman–Crippen LogP) is 0.820. The van der Waals surface area contributed by atoms with E-state index in [2.05, 4.69) is 0 Å². The van der Waals surface area contributed by atoms with Gasteiger partial charge in [0.15, 0.2) is 0 Å². The molecule has 5 heteroatoms. The molecule has 0 amide bonds. The molecule has 0 bridgehead atoms. The Labute approximate surface area is 72.0 Å². The number of rotatable bonds is 0. The third-order valence-corrected chi connectivity index (χ3v) is 0. The van der Waals surface area contributed by atoms with Gasteiger partial charge in [-0.15, -0.1) is 12.4 Å². The predicted molar refractivity (Wildman–Crippen MR) is 40.5 cm³/mol. The first-order valence-electron chi connectivity index (χ1n) is 1.01. The van der Waals surface area contributed by atoms with Gasteiger partial charge < -0.3 is 0 Å². The van der Waals surface area contributed by atoms with Crippen molar-refractivity contribution < 1.29 is 0 Å². The quantitative estimate of drug-likeness (QED) is 0.452. The SMILES string of the molecule is C[SiH](Cl)Cl.Cl.[SnH2]. The minimum absolute atomic E-state index is 0. The van der Waals surface area contributed by atoms with Gasteiger partial charge in [0.2, 0.25) is 7.42 Å². The second kappa shape index (κ2) is 9.99. The van der Waals surface area contributed by atoms with Crippen LogP contribution < -0.4 is 0 Å². The van der Waals surface area contributed by atoms with Crippen molar-refractivity contribution in [3.63, 3.8) is 0 Å². The van der Waals surface area contributed by atoms with Gasteiger partial charge in [-0.2, -0.15) is 22.2 Å². The van der Waals surface area contributed by atoms with Crippen LogP contribution in [0.2, 0.25) is 6.55 Å². The first-order chi connectivity index (χ1) is 1.73.